The second-order valence-corrected chi connectivity index (χ2v) is 7.08. The Kier molecular flexibility index (Phi) is 6.04. The minimum absolute atomic E-state index is 0.398. The van der Waals surface area contributed by atoms with Gasteiger partial charge in [0.1, 0.15) is 23.9 Å². The molecule has 1 aromatic heterocycles. The normalized spacial score (nSPS) is 11.0. The molecule has 3 rings (SSSR count). The highest BCUT2D eigenvalue weighted by Gasteiger charge is 2.06. The molecular weight excluding hydrogens is 463 g/mol. The van der Waals surface area contributed by atoms with E-state index in [1.807, 2.05) is 49.4 Å². The minimum Gasteiger partial charge on any atom is -0.496 e. The quantitative estimate of drug-likeness (QED) is 0.324. The molecule has 8 heteroatoms. The molecule has 0 aliphatic heterocycles. The van der Waals surface area contributed by atoms with Crippen LogP contribution >= 0.6 is 34.8 Å². The second kappa shape index (κ2) is 8.45. The smallest absolute Gasteiger partial charge is 0.216 e. The molecule has 0 bridgehead atoms. The number of aromatic amines is 1. The maximum absolute atomic E-state index is 5.87. The van der Waals surface area contributed by atoms with Crippen molar-refractivity contribution in [2.45, 2.75) is 13.5 Å². The third kappa shape index (κ3) is 4.50. The number of hydrogen-bond donors (Lipinski definition) is 1. The number of benzene rings is 2. The van der Waals surface area contributed by atoms with Crippen molar-refractivity contribution in [3.8, 4) is 11.5 Å². The van der Waals surface area contributed by atoms with Crippen molar-refractivity contribution in [2.24, 2.45) is 5.10 Å². The Balaban J connectivity index is 1.79. The Morgan fingerprint density at radius 2 is 2.04 bits per heavy atom. The summed E-state index contributed by atoms with van der Waals surface area (Å²) in [6.07, 6.45) is 1.73. The van der Waals surface area contributed by atoms with E-state index in [4.69, 9.17) is 21.7 Å². The van der Waals surface area contributed by atoms with Gasteiger partial charge in [0, 0.05) is 9.13 Å². The average Bonchev–Trinajstić information content (AvgIpc) is 2.97. The summed E-state index contributed by atoms with van der Waals surface area (Å²) in [5.74, 6) is 2.28. The van der Waals surface area contributed by atoms with Gasteiger partial charge >= 0.3 is 0 Å². The summed E-state index contributed by atoms with van der Waals surface area (Å²) in [5, 5.41) is 11.1. The third-order valence-corrected chi connectivity index (χ3v) is 4.63. The number of ether oxygens (including phenoxy) is 2. The zero-order valence-corrected chi connectivity index (χ0v) is 17.2. The summed E-state index contributed by atoms with van der Waals surface area (Å²) in [5.41, 5.74) is 1.84. The lowest BCUT2D eigenvalue weighted by molar-refractivity contribution is 0.296. The lowest BCUT2D eigenvalue weighted by atomic mass is 10.1. The summed E-state index contributed by atoms with van der Waals surface area (Å²) >= 11 is 7.41. The molecule has 0 saturated carbocycles. The number of aryl methyl sites for hydroxylation is 1. The Morgan fingerprint density at radius 1 is 1.27 bits per heavy atom. The number of H-pyrrole nitrogens is 1. The van der Waals surface area contributed by atoms with E-state index in [9.17, 15) is 0 Å². The fourth-order valence-corrected chi connectivity index (χ4v) is 2.90. The first-order valence-electron chi connectivity index (χ1n) is 7.80. The van der Waals surface area contributed by atoms with Gasteiger partial charge in [-0.15, -0.1) is 0 Å². The largest absolute Gasteiger partial charge is 0.496 e. The number of nitrogens with zero attached hydrogens (tertiary/aromatic N) is 3. The van der Waals surface area contributed by atoms with Gasteiger partial charge in [-0.25, -0.2) is 0 Å². The lowest BCUT2D eigenvalue weighted by Gasteiger charge is -2.11. The SMILES string of the molecule is COc1ccc(/C=N/n2c(C)n[nH]c2=S)cc1COc1ccc(I)cc1. The van der Waals surface area contributed by atoms with Gasteiger partial charge in [-0.2, -0.15) is 14.9 Å². The van der Waals surface area contributed by atoms with Crippen molar-refractivity contribution in [1.29, 1.82) is 0 Å². The molecule has 1 N–H and O–H groups in total. The van der Waals surface area contributed by atoms with Gasteiger partial charge in [0.25, 0.3) is 0 Å². The molecule has 3 aromatic rings. The molecular formula is C18H17IN4O2S. The van der Waals surface area contributed by atoms with E-state index in [0.29, 0.717) is 17.2 Å². The van der Waals surface area contributed by atoms with E-state index >= 15 is 0 Å². The van der Waals surface area contributed by atoms with Gasteiger partial charge in [-0.1, -0.05) is 0 Å². The van der Waals surface area contributed by atoms with Gasteiger partial charge < -0.3 is 9.47 Å². The first-order valence-corrected chi connectivity index (χ1v) is 9.29. The first-order chi connectivity index (χ1) is 12.6. The zero-order chi connectivity index (χ0) is 18.5. The second-order valence-electron chi connectivity index (χ2n) is 5.45. The van der Waals surface area contributed by atoms with Crippen molar-refractivity contribution >= 4 is 41.0 Å². The van der Waals surface area contributed by atoms with Crippen molar-refractivity contribution in [1.82, 2.24) is 14.9 Å². The maximum Gasteiger partial charge on any atom is 0.216 e. The van der Waals surface area contributed by atoms with Gasteiger partial charge in [-0.05, 0) is 89.8 Å². The number of nitrogens with one attached hydrogen (secondary N) is 1. The molecule has 26 heavy (non-hydrogen) atoms. The van der Waals surface area contributed by atoms with Gasteiger partial charge in [0.05, 0.1) is 13.3 Å². The molecule has 0 aliphatic carbocycles. The van der Waals surface area contributed by atoms with E-state index in [1.165, 1.54) is 3.57 Å². The van der Waals surface area contributed by atoms with Crippen LogP contribution < -0.4 is 9.47 Å². The molecule has 0 spiro atoms. The molecule has 2 aromatic carbocycles. The van der Waals surface area contributed by atoms with Crippen LogP contribution in [0.2, 0.25) is 0 Å². The zero-order valence-electron chi connectivity index (χ0n) is 14.3. The molecule has 0 atom stereocenters. The third-order valence-electron chi connectivity index (χ3n) is 3.65. The molecule has 0 unspecified atom stereocenters. The van der Waals surface area contributed by atoms with Gasteiger partial charge in [0.2, 0.25) is 4.77 Å². The monoisotopic (exact) mass is 480 g/mol. The van der Waals surface area contributed by atoms with Crippen LogP contribution in [0.25, 0.3) is 0 Å². The van der Waals surface area contributed by atoms with Gasteiger partial charge in [0.15, 0.2) is 0 Å². The van der Waals surface area contributed by atoms with E-state index < -0.39 is 0 Å². The van der Waals surface area contributed by atoms with Crippen LogP contribution in [-0.2, 0) is 6.61 Å². The van der Waals surface area contributed by atoms with E-state index in [2.05, 4.69) is 37.9 Å². The van der Waals surface area contributed by atoms with E-state index in [1.54, 1.807) is 18.0 Å². The number of aromatic nitrogens is 3. The number of hydrogen-bond acceptors (Lipinski definition) is 5. The topological polar surface area (TPSA) is 64.4 Å². The number of halogens is 1. The molecule has 1 heterocycles. The van der Waals surface area contributed by atoms with E-state index in [0.717, 1.165) is 22.6 Å². The average molecular weight is 480 g/mol. The lowest BCUT2D eigenvalue weighted by Crippen LogP contribution is -2.00. The summed E-state index contributed by atoms with van der Waals surface area (Å²) in [6.45, 7) is 2.23. The van der Waals surface area contributed by atoms with Crippen LogP contribution in [0.15, 0.2) is 47.6 Å². The molecule has 0 radical (unpaired) electrons. The van der Waals surface area contributed by atoms with Crippen molar-refractivity contribution in [3.63, 3.8) is 0 Å². The maximum atomic E-state index is 5.87. The van der Waals surface area contributed by atoms with Gasteiger partial charge in [-0.3, -0.25) is 5.10 Å². The van der Waals surface area contributed by atoms with Crippen LogP contribution in [-0.4, -0.2) is 28.2 Å². The van der Waals surface area contributed by atoms with E-state index in [-0.39, 0.29) is 0 Å². The molecule has 0 amide bonds. The number of methoxy groups -OCH3 is 1. The van der Waals surface area contributed by atoms with Crippen LogP contribution in [0.1, 0.15) is 17.0 Å². The standard InChI is InChI=1S/C18H17IN4O2S/c1-12-21-22-18(26)23(12)20-10-13-3-8-17(24-2)14(9-13)11-25-16-6-4-15(19)5-7-16/h3-10H,11H2,1-2H3,(H,22,26)/b20-10+. The first kappa shape index (κ1) is 18.6. The Bertz CT molecular complexity index is 980. The molecule has 0 aliphatic rings. The summed E-state index contributed by atoms with van der Waals surface area (Å²) < 4.78 is 14.5. The van der Waals surface area contributed by atoms with Crippen LogP contribution in [0.4, 0.5) is 0 Å². The molecule has 6 nitrogen and oxygen atoms in total. The Labute approximate surface area is 170 Å². The predicted octanol–water partition coefficient (Wildman–Crippen LogP) is 4.32. The Morgan fingerprint density at radius 3 is 2.69 bits per heavy atom. The summed E-state index contributed by atoms with van der Waals surface area (Å²) in [7, 11) is 1.64. The van der Waals surface area contributed by atoms with Crippen molar-refractivity contribution in [3.05, 3.63) is 67.8 Å². The predicted molar refractivity (Wildman–Crippen MR) is 112 cm³/mol. The van der Waals surface area contributed by atoms with Crippen LogP contribution in [0.5, 0.6) is 11.5 Å². The van der Waals surface area contributed by atoms with Crippen molar-refractivity contribution in [2.75, 3.05) is 7.11 Å². The Hall–Kier alpha value is -2.20. The highest BCUT2D eigenvalue weighted by atomic mass is 127. The van der Waals surface area contributed by atoms with Crippen molar-refractivity contribution < 1.29 is 9.47 Å². The highest BCUT2D eigenvalue weighted by Crippen LogP contribution is 2.22. The summed E-state index contributed by atoms with van der Waals surface area (Å²) in [4.78, 5) is 0. The van der Waals surface area contributed by atoms with Crippen LogP contribution in [0.3, 0.4) is 0 Å². The fraction of sp³-hybridized carbons (Fsp3) is 0.167. The molecule has 0 fully saturated rings. The fourth-order valence-electron chi connectivity index (χ4n) is 2.31. The number of rotatable bonds is 6. The highest BCUT2D eigenvalue weighted by molar-refractivity contribution is 14.1. The summed E-state index contributed by atoms with van der Waals surface area (Å²) in [6, 6.07) is 13.7. The molecule has 134 valence electrons. The molecule has 0 saturated heterocycles. The van der Waals surface area contributed by atoms with Crippen LogP contribution in [0, 0.1) is 15.3 Å². The minimum atomic E-state index is 0.398.